The number of carboxylic acid groups (broad SMARTS) is 1. The minimum Gasteiger partial charge on any atom is -0.478 e. The molecule has 3 aromatic rings. The number of nitrogens with one attached hydrogen (secondary N) is 1. The first-order chi connectivity index (χ1) is 17.1. The molecule has 0 aliphatic rings. The molecule has 0 saturated carbocycles. The molecular formula is C24H15BrCl3NO7. The van der Waals surface area contributed by atoms with Crippen LogP contribution in [0.5, 0.6) is 0 Å². The number of amides is 1. The Morgan fingerprint density at radius 1 is 0.750 bits per heavy atom. The first-order valence-corrected chi connectivity index (χ1v) is 11.9. The van der Waals surface area contributed by atoms with Gasteiger partial charge in [0.2, 0.25) is 12.2 Å². The van der Waals surface area contributed by atoms with Gasteiger partial charge < -0.3 is 19.9 Å². The molecular weight excluding hydrogens is 601 g/mol. The van der Waals surface area contributed by atoms with Crippen LogP contribution in [-0.4, -0.2) is 41.1 Å². The van der Waals surface area contributed by atoms with Crippen LogP contribution in [0.2, 0.25) is 15.1 Å². The van der Waals surface area contributed by atoms with Crippen molar-refractivity contribution in [1.29, 1.82) is 0 Å². The Balaban J connectivity index is 1.95. The maximum absolute atomic E-state index is 13.1. The zero-order valence-corrected chi connectivity index (χ0v) is 21.8. The van der Waals surface area contributed by atoms with Gasteiger partial charge in [0.05, 0.1) is 26.2 Å². The highest BCUT2D eigenvalue weighted by Crippen LogP contribution is 2.26. The number of rotatable bonds is 8. The Bertz CT molecular complexity index is 1330. The fourth-order valence-corrected chi connectivity index (χ4v) is 3.75. The largest absolute Gasteiger partial charge is 0.478 e. The number of benzene rings is 3. The van der Waals surface area contributed by atoms with Gasteiger partial charge in [0.1, 0.15) is 0 Å². The topological polar surface area (TPSA) is 119 Å². The van der Waals surface area contributed by atoms with Crippen molar-refractivity contribution in [2.24, 2.45) is 0 Å². The zero-order chi connectivity index (χ0) is 26.4. The van der Waals surface area contributed by atoms with Gasteiger partial charge in [-0.15, -0.1) is 0 Å². The quantitative estimate of drug-likeness (QED) is 0.304. The number of esters is 2. The van der Waals surface area contributed by atoms with E-state index in [4.69, 9.17) is 44.3 Å². The van der Waals surface area contributed by atoms with E-state index in [1.807, 2.05) is 0 Å². The molecule has 2 N–H and O–H groups in total. The van der Waals surface area contributed by atoms with Crippen LogP contribution >= 0.6 is 50.7 Å². The Morgan fingerprint density at radius 2 is 1.25 bits per heavy atom. The highest BCUT2D eigenvalue weighted by atomic mass is 79.9. The number of hydrogen-bond acceptors (Lipinski definition) is 6. The minimum absolute atomic E-state index is 0.00119. The third kappa shape index (κ3) is 6.76. The van der Waals surface area contributed by atoms with Crippen molar-refractivity contribution >= 4 is 80.2 Å². The highest BCUT2D eigenvalue weighted by Gasteiger charge is 2.41. The molecule has 36 heavy (non-hydrogen) atoms. The molecule has 0 aliphatic carbocycles. The SMILES string of the molecule is O=C(O[C@H](C(=O)O)[C@@H](OC(=O)c1ccccc1Cl)C(=O)Nc1ccc(Br)c(Cl)c1)c1ccccc1Cl. The maximum atomic E-state index is 13.1. The molecule has 8 nitrogen and oxygen atoms in total. The van der Waals surface area contributed by atoms with E-state index < -0.39 is 36.0 Å². The van der Waals surface area contributed by atoms with Gasteiger partial charge in [0.15, 0.2) is 0 Å². The minimum atomic E-state index is -2.24. The molecule has 0 spiro atoms. The van der Waals surface area contributed by atoms with Crippen molar-refractivity contribution in [1.82, 2.24) is 0 Å². The number of carbonyl (C=O) groups is 4. The van der Waals surface area contributed by atoms with Crippen LogP contribution < -0.4 is 5.32 Å². The van der Waals surface area contributed by atoms with Gasteiger partial charge in [-0.1, -0.05) is 59.1 Å². The van der Waals surface area contributed by atoms with Crippen molar-refractivity contribution in [2.45, 2.75) is 12.2 Å². The normalized spacial score (nSPS) is 12.2. The van der Waals surface area contributed by atoms with Crippen molar-refractivity contribution in [3.8, 4) is 0 Å². The number of carboxylic acids is 1. The smallest absolute Gasteiger partial charge is 0.349 e. The standard InChI is InChI=1S/C24H15BrCl3NO7/c25-15-10-9-12(11-18(15)28)29-21(30)19(35-23(33)13-5-1-3-7-16(13)26)20(22(31)32)36-24(34)14-6-2-4-8-17(14)27/h1-11,19-20H,(H,29,30)(H,31,32)/t19-,20+/m1/s1. The summed E-state index contributed by atoms with van der Waals surface area (Å²) in [5, 5.41) is 12.5. The summed E-state index contributed by atoms with van der Waals surface area (Å²) in [4.78, 5) is 50.7. The van der Waals surface area contributed by atoms with E-state index in [-0.39, 0.29) is 31.9 Å². The lowest BCUT2D eigenvalue weighted by atomic mass is 10.1. The molecule has 0 saturated heterocycles. The van der Waals surface area contributed by atoms with Crippen LogP contribution in [0.3, 0.4) is 0 Å². The van der Waals surface area contributed by atoms with Gasteiger partial charge >= 0.3 is 17.9 Å². The Morgan fingerprint density at radius 3 is 1.72 bits per heavy atom. The molecule has 186 valence electrons. The lowest BCUT2D eigenvalue weighted by Gasteiger charge is -2.24. The van der Waals surface area contributed by atoms with E-state index in [0.717, 1.165) is 0 Å². The Hall–Kier alpha value is -3.11. The predicted octanol–water partition coefficient (Wildman–Crippen LogP) is 5.88. The molecule has 2 atom stereocenters. The van der Waals surface area contributed by atoms with Crippen molar-refractivity contribution in [3.05, 3.63) is 97.4 Å². The highest BCUT2D eigenvalue weighted by molar-refractivity contribution is 9.10. The summed E-state index contributed by atoms with van der Waals surface area (Å²) < 4.78 is 10.9. The number of halogens is 4. The van der Waals surface area contributed by atoms with E-state index >= 15 is 0 Å². The Labute approximate surface area is 228 Å². The second-order valence-electron chi connectivity index (χ2n) is 7.07. The van der Waals surface area contributed by atoms with Crippen LogP contribution in [0.1, 0.15) is 20.7 Å². The van der Waals surface area contributed by atoms with Gasteiger partial charge in [0, 0.05) is 10.2 Å². The first kappa shape index (κ1) is 27.5. The average molecular weight is 616 g/mol. The van der Waals surface area contributed by atoms with Crippen LogP contribution in [0.25, 0.3) is 0 Å². The fourth-order valence-electron chi connectivity index (χ4n) is 2.89. The summed E-state index contributed by atoms with van der Waals surface area (Å²) in [6, 6.07) is 15.9. The molecule has 0 radical (unpaired) electrons. The van der Waals surface area contributed by atoms with Gasteiger partial charge in [-0.05, 0) is 58.4 Å². The fraction of sp³-hybridized carbons (Fsp3) is 0.0833. The Kier molecular flexibility index (Phi) is 9.33. The summed E-state index contributed by atoms with van der Waals surface area (Å²) >= 11 is 21.3. The van der Waals surface area contributed by atoms with Crippen LogP contribution in [0.15, 0.2) is 71.2 Å². The van der Waals surface area contributed by atoms with Gasteiger partial charge in [0.25, 0.3) is 5.91 Å². The van der Waals surface area contributed by atoms with E-state index in [1.54, 1.807) is 12.1 Å². The lowest BCUT2D eigenvalue weighted by Crippen LogP contribution is -2.48. The number of anilines is 1. The molecule has 0 aromatic heterocycles. The summed E-state index contributed by atoms with van der Waals surface area (Å²) in [6.07, 6.45) is -4.37. The summed E-state index contributed by atoms with van der Waals surface area (Å²) in [5.74, 6) is -5.12. The van der Waals surface area contributed by atoms with E-state index in [9.17, 15) is 24.3 Å². The maximum Gasteiger partial charge on any atom is 0.349 e. The summed E-state index contributed by atoms with van der Waals surface area (Å²) in [5.41, 5.74) is -0.125. The number of aliphatic carboxylic acids is 1. The molecule has 1 amide bonds. The van der Waals surface area contributed by atoms with Crippen molar-refractivity contribution < 1.29 is 33.8 Å². The molecule has 0 fully saturated rings. The molecule has 0 aliphatic heterocycles. The monoisotopic (exact) mass is 613 g/mol. The second-order valence-corrected chi connectivity index (χ2v) is 9.14. The van der Waals surface area contributed by atoms with Crippen molar-refractivity contribution in [3.63, 3.8) is 0 Å². The van der Waals surface area contributed by atoms with Gasteiger partial charge in [-0.2, -0.15) is 0 Å². The molecule has 12 heteroatoms. The molecule has 3 aromatic carbocycles. The van der Waals surface area contributed by atoms with Crippen molar-refractivity contribution in [2.75, 3.05) is 5.32 Å². The van der Waals surface area contributed by atoms with E-state index in [0.29, 0.717) is 4.47 Å². The van der Waals surface area contributed by atoms with Gasteiger partial charge in [-0.3, -0.25) is 4.79 Å². The number of ether oxygens (including phenoxy) is 2. The molecule has 0 heterocycles. The third-order valence-electron chi connectivity index (χ3n) is 4.62. The van der Waals surface area contributed by atoms with E-state index in [1.165, 1.54) is 54.6 Å². The second kappa shape index (κ2) is 12.2. The molecule has 3 rings (SSSR count). The van der Waals surface area contributed by atoms with Crippen LogP contribution in [0, 0.1) is 0 Å². The van der Waals surface area contributed by atoms with Crippen LogP contribution in [-0.2, 0) is 19.1 Å². The summed E-state index contributed by atoms with van der Waals surface area (Å²) in [7, 11) is 0. The van der Waals surface area contributed by atoms with E-state index in [2.05, 4.69) is 21.2 Å². The number of hydrogen-bond donors (Lipinski definition) is 2. The first-order valence-electron chi connectivity index (χ1n) is 9.98. The van der Waals surface area contributed by atoms with Crippen LogP contribution in [0.4, 0.5) is 5.69 Å². The van der Waals surface area contributed by atoms with Gasteiger partial charge in [-0.25, -0.2) is 14.4 Å². The number of carbonyl (C=O) groups excluding carboxylic acids is 3. The lowest BCUT2D eigenvalue weighted by molar-refractivity contribution is -0.157. The molecule has 0 unspecified atom stereocenters. The average Bonchev–Trinajstić information content (AvgIpc) is 2.83. The summed E-state index contributed by atoms with van der Waals surface area (Å²) in [6.45, 7) is 0. The third-order valence-corrected chi connectivity index (χ3v) is 6.51. The molecule has 0 bridgehead atoms. The predicted molar refractivity (Wildman–Crippen MR) is 137 cm³/mol. The zero-order valence-electron chi connectivity index (χ0n) is 17.9.